The van der Waals surface area contributed by atoms with Gasteiger partial charge in [-0.1, -0.05) is 25.1 Å². The molecule has 0 spiro atoms. The summed E-state index contributed by atoms with van der Waals surface area (Å²) >= 11 is 3.13. The number of nitrogens with zero attached hydrogens (tertiary/aromatic N) is 3. The average Bonchev–Trinajstić information content (AvgIpc) is 2.45. The molecule has 0 aromatic carbocycles. The Balaban J connectivity index is 2.04. The minimum atomic E-state index is 0.513. The first kappa shape index (κ1) is 15.1. The molecule has 2 N–H and O–H groups in total. The summed E-state index contributed by atoms with van der Waals surface area (Å²) < 4.78 is 0. The summed E-state index contributed by atoms with van der Waals surface area (Å²) in [6.45, 7) is 2.18. The van der Waals surface area contributed by atoms with Crippen LogP contribution in [-0.4, -0.2) is 21.2 Å². The minimum absolute atomic E-state index is 0.513. The number of aryl methyl sites for hydroxylation is 1. The lowest BCUT2D eigenvalue weighted by atomic mass is 10.1. The lowest BCUT2D eigenvalue weighted by Crippen LogP contribution is -1.97. The Morgan fingerprint density at radius 1 is 1.25 bits per heavy atom. The second-order valence-corrected chi connectivity index (χ2v) is 6.08. The van der Waals surface area contributed by atoms with Crippen molar-refractivity contribution >= 4 is 29.3 Å². The van der Waals surface area contributed by atoms with Crippen molar-refractivity contribution in [3.8, 4) is 0 Å². The zero-order valence-electron chi connectivity index (χ0n) is 11.7. The number of anilines is 1. The van der Waals surface area contributed by atoms with Crippen LogP contribution in [0.2, 0.25) is 0 Å². The van der Waals surface area contributed by atoms with E-state index in [1.165, 1.54) is 5.56 Å². The third kappa shape index (κ3) is 4.38. The van der Waals surface area contributed by atoms with Crippen LogP contribution < -0.4 is 5.73 Å². The molecule has 0 unspecified atom stereocenters. The lowest BCUT2D eigenvalue weighted by Gasteiger charge is -2.05. The van der Waals surface area contributed by atoms with E-state index in [0.29, 0.717) is 11.0 Å². The predicted octanol–water partition coefficient (Wildman–Crippen LogP) is 3.42. The van der Waals surface area contributed by atoms with Gasteiger partial charge in [0.1, 0.15) is 10.8 Å². The number of thioether (sulfide) groups is 2. The summed E-state index contributed by atoms with van der Waals surface area (Å²) in [5.41, 5.74) is 8.16. The van der Waals surface area contributed by atoms with Crippen LogP contribution in [0.25, 0.3) is 0 Å². The Hall–Kier alpha value is -1.27. The molecular weight excluding hydrogens is 288 g/mol. The van der Waals surface area contributed by atoms with Gasteiger partial charge in [-0.25, -0.2) is 9.97 Å². The van der Waals surface area contributed by atoms with Crippen LogP contribution in [0.1, 0.15) is 24.6 Å². The van der Waals surface area contributed by atoms with Gasteiger partial charge < -0.3 is 5.73 Å². The highest BCUT2D eigenvalue weighted by molar-refractivity contribution is 7.99. The zero-order valence-corrected chi connectivity index (χ0v) is 13.3. The zero-order chi connectivity index (χ0) is 14.4. The van der Waals surface area contributed by atoms with Crippen LogP contribution in [0, 0.1) is 0 Å². The fourth-order valence-electron chi connectivity index (χ4n) is 1.78. The van der Waals surface area contributed by atoms with Gasteiger partial charge in [0.05, 0.1) is 5.69 Å². The Kier molecular flexibility index (Phi) is 5.67. The summed E-state index contributed by atoms with van der Waals surface area (Å²) in [5, 5.41) is 1.60. The Morgan fingerprint density at radius 3 is 2.85 bits per heavy atom. The van der Waals surface area contributed by atoms with Gasteiger partial charge in [0, 0.05) is 18.0 Å². The van der Waals surface area contributed by atoms with Gasteiger partial charge in [0.25, 0.3) is 0 Å². The fraction of sp³-hybridized carbons (Fsp3) is 0.357. The second kappa shape index (κ2) is 7.50. The van der Waals surface area contributed by atoms with Gasteiger partial charge >= 0.3 is 0 Å². The van der Waals surface area contributed by atoms with Crippen molar-refractivity contribution in [2.24, 2.45) is 0 Å². The summed E-state index contributed by atoms with van der Waals surface area (Å²) in [4.78, 5) is 13.1. The molecule has 0 atom stereocenters. The van der Waals surface area contributed by atoms with E-state index in [-0.39, 0.29) is 0 Å². The lowest BCUT2D eigenvalue weighted by molar-refractivity contribution is 0.897. The van der Waals surface area contributed by atoms with Crippen molar-refractivity contribution in [2.45, 2.75) is 35.7 Å². The largest absolute Gasteiger partial charge is 0.384 e. The van der Waals surface area contributed by atoms with Crippen molar-refractivity contribution in [1.29, 1.82) is 0 Å². The van der Waals surface area contributed by atoms with E-state index in [1.807, 2.05) is 12.5 Å². The minimum Gasteiger partial charge on any atom is -0.384 e. The number of nitrogens with two attached hydrogens (primary N) is 1. The highest BCUT2D eigenvalue weighted by Crippen LogP contribution is 2.23. The van der Waals surface area contributed by atoms with E-state index in [2.05, 4.69) is 34.0 Å². The van der Waals surface area contributed by atoms with E-state index in [9.17, 15) is 0 Å². The smallest absolute Gasteiger partial charge is 0.190 e. The Labute approximate surface area is 128 Å². The van der Waals surface area contributed by atoms with Crippen molar-refractivity contribution < 1.29 is 0 Å². The number of hydrogen-bond donors (Lipinski definition) is 1. The molecule has 0 aliphatic heterocycles. The third-order valence-electron chi connectivity index (χ3n) is 2.68. The van der Waals surface area contributed by atoms with E-state index in [0.717, 1.165) is 29.3 Å². The number of aromatic nitrogens is 3. The quantitative estimate of drug-likeness (QED) is 0.501. The number of pyridine rings is 1. The maximum absolute atomic E-state index is 5.77. The predicted molar refractivity (Wildman–Crippen MR) is 86.0 cm³/mol. The number of rotatable bonds is 6. The van der Waals surface area contributed by atoms with Crippen LogP contribution in [0.15, 0.2) is 34.6 Å². The molecule has 0 fully saturated rings. The molecule has 4 nitrogen and oxygen atoms in total. The molecular formula is C14H18N4S2. The van der Waals surface area contributed by atoms with Crippen LogP contribution in [-0.2, 0) is 12.2 Å². The first-order chi connectivity index (χ1) is 9.71. The molecule has 0 saturated heterocycles. The molecule has 2 heterocycles. The maximum atomic E-state index is 5.77. The molecule has 6 heteroatoms. The fourth-order valence-corrected chi connectivity index (χ4v) is 3.02. The molecule has 2 aromatic heterocycles. The standard InChI is InChI=1S/C14H18N4S2/c1-3-4-10-5-6-16-11(7-10)9-20-14-17-12(15)8-13(18-14)19-2/h5-8H,3-4,9H2,1-2H3,(H2,15,17,18). The molecule has 0 radical (unpaired) electrons. The van der Waals surface area contributed by atoms with E-state index >= 15 is 0 Å². The summed E-state index contributed by atoms with van der Waals surface area (Å²) in [5.74, 6) is 1.27. The molecule has 2 rings (SSSR count). The molecule has 2 aromatic rings. The highest BCUT2D eigenvalue weighted by atomic mass is 32.2. The second-order valence-electron chi connectivity index (χ2n) is 4.31. The van der Waals surface area contributed by atoms with Crippen molar-refractivity contribution in [3.63, 3.8) is 0 Å². The SMILES string of the molecule is CCCc1ccnc(CSc2nc(N)cc(SC)n2)c1. The normalized spacial score (nSPS) is 10.7. The Bertz CT molecular complexity index is 575. The first-order valence-corrected chi connectivity index (χ1v) is 8.67. The molecule has 0 saturated carbocycles. The van der Waals surface area contributed by atoms with Crippen LogP contribution in [0.5, 0.6) is 0 Å². The van der Waals surface area contributed by atoms with Crippen LogP contribution in [0.4, 0.5) is 5.82 Å². The van der Waals surface area contributed by atoms with Crippen molar-refractivity contribution in [1.82, 2.24) is 15.0 Å². The van der Waals surface area contributed by atoms with Gasteiger partial charge in [-0.3, -0.25) is 4.98 Å². The van der Waals surface area contributed by atoms with Crippen molar-refractivity contribution in [3.05, 3.63) is 35.7 Å². The van der Waals surface area contributed by atoms with Gasteiger partial charge in [-0.15, -0.1) is 11.8 Å². The summed E-state index contributed by atoms with van der Waals surface area (Å²) in [6.07, 6.45) is 6.08. The summed E-state index contributed by atoms with van der Waals surface area (Å²) in [6, 6.07) is 6.01. The average molecular weight is 306 g/mol. The highest BCUT2D eigenvalue weighted by Gasteiger charge is 2.05. The van der Waals surface area contributed by atoms with E-state index in [1.54, 1.807) is 29.6 Å². The third-order valence-corrected chi connectivity index (χ3v) is 4.19. The maximum Gasteiger partial charge on any atom is 0.190 e. The number of nitrogen functional groups attached to an aromatic ring is 1. The van der Waals surface area contributed by atoms with Gasteiger partial charge in [-0.05, 0) is 30.4 Å². The molecule has 0 bridgehead atoms. The summed E-state index contributed by atoms with van der Waals surface area (Å²) in [7, 11) is 0. The Morgan fingerprint density at radius 2 is 2.10 bits per heavy atom. The van der Waals surface area contributed by atoms with Gasteiger partial charge in [-0.2, -0.15) is 0 Å². The molecule has 0 amide bonds. The topological polar surface area (TPSA) is 64.7 Å². The number of hydrogen-bond acceptors (Lipinski definition) is 6. The monoisotopic (exact) mass is 306 g/mol. The molecule has 106 valence electrons. The van der Waals surface area contributed by atoms with Gasteiger partial charge in [0.15, 0.2) is 5.16 Å². The molecule has 0 aliphatic carbocycles. The van der Waals surface area contributed by atoms with E-state index in [4.69, 9.17) is 5.73 Å². The van der Waals surface area contributed by atoms with Crippen LogP contribution in [0.3, 0.4) is 0 Å². The molecule has 20 heavy (non-hydrogen) atoms. The molecule has 0 aliphatic rings. The first-order valence-electron chi connectivity index (χ1n) is 6.46. The van der Waals surface area contributed by atoms with Crippen LogP contribution >= 0.6 is 23.5 Å². The van der Waals surface area contributed by atoms with Gasteiger partial charge in [0.2, 0.25) is 0 Å². The van der Waals surface area contributed by atoms with E-state index < -0.39 is 0 Å². The van der Waals surface area contributed by atoms with Crippen molar-refractivity contribution in [2.75, 3.05) is 12.0 Å².